The number of hydrogen-bond donors (Lipinski definition) is 0. The second-order valence-corrected chi connectivity index (χ2v) is 4.04. The summed E-state index contributed by atoms with van der Waals surface area (Å²) in [5.41, 5.74) is 0.946. The van der Waals surface area contributed by atoms with Gasteiger partial charge in [0, 0.05) is 0 Å². The molecular weight excluding hydrogens is 222 g/mol. The maximum Gasteiger partial charge on any atom is 0.412 e. The van der Waals surface area contributed by atoms with Gasteiger partial charge in [0.15, 0.2) is 6.23 Å². The Morgan fingerprint density at radius 3 is 2.53 bits per heavy atom. The van der Waals surface area contributed by atoms with Crippen LogP contribution in [0.3, 0.4) is 0 Å². The lowest BCUT2D eigenvalue weighted by molar-refractivity contribution is -0.172. The van der Waals surface area contributed by atoms with Crippen molar-refractivity contribution in [2.24, 2.45) is 0 Å². The Labute approximate surface area is 97.9 Å². The van der Waals surface area contributed by atoms with E-state index in [4.69, 9.17) is 9.47 Å². The van der Waals surface area contributed by atoms with Gasteiger partial charge in [-0.1, -0.05) is 30.3 Å². The SMILES string of the molecule is O=C1COC1N1C(=O)OC[C@H]1c1ccccc1. The lowest BCUT2D eigenvalue weighted by Gasteiger charge is -2.34. The molecule has 1 amide bonds. The van der Waals surface area contributed by atoms with Crippen molar-refractivity contribution in [1.82, 2.24) is 4.90 Å². The molecule has 0 spiro atoms. The van der Waals surface area contributed by atoms with Crippen LogP contribution in [0.25, 0.3) is 0 Å². The van der Waals surface area contributed by atoms with Gasteiger partial charge in [-0.25, -0.2) is 4.79 Å². The van der Waals surface area contributed by atoms with Crippen LogP contribution >= 0.6 is 0 Å². The van der Waals surface area contributed by atoms with Crippen molar-refractivity contribution in [2.75, 3.05) is 13.2 Å². The second-order valence-electron chi connectivity index (χ2n) is 4.04. The summed E-state index contributed by atoms with van der Waals surface area (Å²) >= 11 is 0. The molecule has 88 valence electrons. The predicted octanol–water partition coefficient (Wildman–Crippen LogP) is 1.11. The first kappa shape index (κ1) is 10.3. The molecule has 2 saturated heterocycles. The molecule has 2 atom stereocenters. The maximum atomic E-state index is 11.6. The molecule has 1 unspecified atom stereocenters. The highest BCUT2D eigenvalue weighted by atomic mass is 16.6. The van der Waals surface area contributed by atoms with Gasteiger partial charge in [0.2, 0.25) is 5.78 Å². The molecular formula is C12H11NO4. The average molecular weight is 233 g/mol. The van der Waals surface area contributed by atoms with Crippen LogP contribution in [0.15, 0.2) is 30.3 Å². The van der Waals surface area contributed by atoms with Crippen molar-refractivity contribution in [2.45, 2.75) is 12.3 Å². The normalized spacial score (nSPS) is 27.9. The number of carbonyl (C=O) groups is 2. The van der Waals surface area contributed by atoms with E-state index >= 15 is 0 Å². The minimum absolute atomic E-state index is 0.0789. The molecule has 17 heavy (non-hydrogen) atoms. The Morgan fingerprint density at radius 1 is 1.18 bits per heavy atom. The number of carbonyl (C=O) groups excluding carboxylic acids is 2. The van der Waals surface area contributed by atoms with Gasteiger partial charge >= 0.3 is 6.09 Å². The van der Waals surface area contributed by atoms with E-state index in [9.17, 15) is 9.59 Å². The number of ether oxygens (including phenoxy) is 2. The standard InChI is InChI=1S/C12H11NO4/c14-10-7-16-11(10)13-9(6-17-12(13)15)8-4-2-1-3-5-8/h1-5,9,11H,6-7H2/t9-,11?/m0/s1. The summed E-state index contributed by atoms with van der Waals surface area (Å²) < 4.78 is 10.1. The zero-order valence-corrected chi connectivity index (χ0v) is 9.04. The van der Waals surface area contributed by atoms with Crippen molar-refractivity contribution in [3.05, 3.63) is 35.9 Å². The van der Waals surface area contributed by atoms with Crippen LogP contribution in [-0.4, -0.2) is 36.2 Å². The zero-order valence-electron chi connectivity index (χ0n) is 9.04. The molecule has 2 aliphatic heterocycles. The van der Waals surface area contributed by atoms with Crippen LogP contribution in [0.1, 0.15) is 11.6 Å². The number of Topliss-reactive ketones (excluding diaryl/α,β-unsaturated/α-hetero) is 1. The van der Waals surface area contributed by atoms with E-state index in [1.54, 1.807) is 0 Å². The first-order valence-corrected chi connectivity index (χ1v) is 5.42. The highest BCUT2D eigenvalue weighted by Crippen LogP contribution is 2.32. The molecule has 0 aliphatic carbocycles. The summed E-state index contributed by atoms with van der Waals surface area (Å²) in [6.45, 7) is 0.339. The highest BCUT2D eigenvalue weighted by molar-refractivity contribution is 5.91. The van der Waals surface area contributed by atoms with Crippen LogP contribution in [0, 0.1) is 0 Å². The number of hydrogen-bond acceptors (Lipinski definition) is 4. The molecule has 0 bridgehead atoms. The van der Waals surface area contributed by atoms with E-state index in [-0.39, 0.29) is 25.0 Å². The van der Waals surface area contributed by atoms with Gasteiger partial charge in [0.25, 0.3) is 0 Å². The Bertz CT molecular complexity index is 459. The first-order chi connectivity index (χ1) is 8.27. The average Bonchev–Trinajstić information content (AvgIpc) is 2.71. The van der Waals surface area contributed by atoms with Crippen molar-refractivity contribution in [1.29, 1.82) is 0 Å². The number of nitrogens with zero attached hydrogens (tertiary/aromatic N) is 1. The molecule has 5 nitrogen and oxygen atoms in total. The summed E-state index contributed by atoms with van der Waals surface area (Å²) in [7, 11) is 0. The first-order valence-electron chi connectivity index (χ1n) is 5.42. The molecule has 2 aliphatic rings. The Morgan fingerprint density at radius 2 is 1.94 bits per heavy atom. The van der Waals surface area contributed by atoms with Gasteiger partial charge in [-0.15, -0.1) is 0 Å². The topological polar surface area (TPSA) is 55.8 Å². The van der Waals surface area contributed by atoms with Gasteiger partial charge in [0.1, 0.15) is 13.2 Å². The molecule has 0 radical (unpaired) electrons. The molecule has 1 aromatic carbocycles. The molecule has 5 heteroatoms. The van der Waals surface area contributed by atoms with Gasteiger partial charge in [0.05, 0.1) is 6.04 Å². The monoisotopic (exact) mass is 233 g/mol. The minimum atomic E-state index is -0.768. The van der Waals surface area contributed by atoms with Gasteiger partial charge in [-0.2, -0.15) is 0 Å². The van der Waals surface area contributed by atoms with Crippen molar-refractivity contribution in [3.63, 3.8) is 0 Å². The third kappa shape index (κ3) is 1.59. The minimum Gasteiger partial charge on any atom is -0.447 e. The van der Waals surface area contributed by atoms with Gasteiger partial charge < -0.3 is 9.47 Å². The fourth-order valence-corrected chi connectivity index (χ4v) is 2.08. The van der Waals surface area contributed by atoms with Crippen molar-refractivity contribution in [3.8, 4) is 0 Å². The lowest BCUT2D eigenvalue weighted by Crippen LogP contribution is -2.53. The summed E-state index contributed by atoms with van der Waals surface area (Å²) in [5.74, 6) is -0.0789. The van der Waals surface area contributed by atoms with E-state index in [1.165, 1.54) is 4.90 Å². The van der Waals surface area contributed by atoms with E-state index in [0.29, 0.717) is 0 Å². The van der Waals surface area contributed by atoms with Gasteiger partial charge in [-0.05, 0) is 5.56 Å². The summed E-state index contributed by atoms with van der Waals surface area (Å²) in [6.07, 6.45) is -1.26. The van der Waals surface area contributed by atoms with Gasteiger partial charge in [-0.3, -0.25) is 9.69 Å². The number of rotatable bonds is 2. The fraction of sp³-hybridized carbons (Fsp3) is 0.333. The lowest BCUT2D eigenvalue weighted by atomic mass is 10.1. The third-order valence-corrected chi connectivity index (χ3v) is 3.01. The molecule has 2 fully saturated rings. The number of cyclic esters (lactones) is 1. The van der Waals surface area contributed by atoms with E-state index in [1.807, 2.05) is 30.3 Å². The predicted molar refractivity (Wildman–Crippen MR) is 57.1 cm³/mol. The number of ketones is 1. The molecule has 3 rings (SSSR count). The van der Waals surface area contributed by atoms with Crippen LogP contribution in [0.2, 0.25) is 0 Å². The van der Waals surface area contributed by atoms with Crippen LogP contribution in [0.5, 0.6) is 0 Å². The van der Waals surface area contributed by atoms with Crippen molar-refractivity contribution >= 4 is 11.9 Å². The Balaban J connectivity index is 1.89. The zero-order chi connectivity index (χ0) is 11.8. The smallest absolute Gasteiger partial charge is 0.412 e. The van der Waals surface area contributed by atoms with E-state index in [0.717, 1.165) is 5.56 Å². The maximum absolute atomic E-state index is 11.6. The molecule has 0 saturated carbocycles. The summed E-state index contributed by atoms with van der Waals surface area (Å²) in [6, 6.07) is 9.25. The largest absolute Gasteiger partial charge is 0.447 e. The highest BCUT2D eigenvalue weighted by Gasteiger charge is 2.46. The molecule has 1 aromatic rings. The van der Waals surface area contributed by atoms with Crippen LogP contribution < -0.4 is 0 Å². The molecule has 2 heterocycles. The summed E-state index contributed by atoms with van der Waals surface area (Å²) in [5, 5.41) is 0. The summed E-state index contributed by atoms with van der Waals surface area (Å²) in [4.78, 5) is 24.4. The van der Waals surface area contributed by atoms with E-state index < -0.39 is 12.3 Å². The Hall–Kier alpha value is -1.88. The molecule has 0 aromatic heterocycles. The number of amides is 1. The van der Waals surface area contributed by atoms with E-state index in [2.05, 4.69) is 0 Å². The quantitative estimate of drug-likeness (QED) is 0.767. The second kappa shape index (κ2) is 3.85. The number of benzene rings is 1. The van der Waals surface area contributed by atoms with Crippen molar-refractivity contribution < 1.29 is 19.1 Å². The Kier molecular flexibility index (Phi) is 2.33. The van der Waals surface area contributed by atoms with Crippen LogP contribution in [0.4, 0.5) is 4.79 Å². The fourth-order valence-electron chi connectivity index (χ4n) is 2.08. The van der Waals surface area contributed by atoms with Crippen LogP contribution in [-0.2, 0) is 14.3 Å². The third-order valence-electron chi connectivity index (χ3n) is 3.01. The molecule has 0 N–H and O–H groups in total.